The number of allylic oxidation sites excluding steroid dienone is 2. The minimum absolute atomic E-state index is 0.477. The second-order valence-electron chi connectivity index (χ2n) is 3.01. The molecule has 1 aromatic rings. The van der Waals surface area contributed by atoms with E-state index in [0.29, 0.717) is 5.89 Å². The van der Waals surface area contributed by atoms with E-state index in [4.69, 9.17) is 10.2 Å². The van der Waals surface area contributed by atoms with Crippen LogP contribution < -0.4 is 11.1 Å². The third-order valence-corrected chi connectivity index (χ3v) is 1.86. The van der Waals surface area contributed by atoms with E-state index in [9.17, 15) is 0 Å². The molecule has 4 heteroatoms. The Balaban J connectivity index is 2.34. The van der Waals surface area contributed by atoms with Gasteiger partial charge >= 0.3 is 0 Å². The molecule has 13 heavy (non-hydrogen) atoms. The van der Waals surface area contributed by atoms with E-state index in [1.54, 1.807) is 18.5 Å². The average molecular weight is 177 g/mol. The first-order valence-corrected chi connectivity index (χ1v) is 4.04. The van der Waals surface area contributed by atoms with Crippen LogP contribution in [-0.4, -0.2) is 4.98 Å². The van der Waals surface area contributed by atoms with Crippen molar-refractivity contribution in [1.29, 1.82) is 0 Å². The minimum Gasteiger partial charge on any atom is -0.442 e. The Hall–Kier alpha value is -1.55. The van der Waals surface area contributed by atoms with Crippen LogP contribution in [0.15, 0.2) is 35.0 Å². The predicted octanol–water partition coefficient (Wildman–Crippen LogP) is 0.768. The summed E-state index contributed by atoms with van der Waals surface area (Å²) in [6.45, 7) is 1.84. The van der Waals surface area contributed by atoms with Crippen LogP contribution >= 0.6 is 0 Å². The van der Waals surface area contributed by atoms with Gasteiger partial charge in [0.1, 0.15) is 5.76 Å². The lowest BCUT2D eigenvalue weighted by Gasteiger charge is -2.24. The highest BCUT2D eigenvalue weighted by Crippen LogP contribution is 2.18. The molecule has 68 valence electrons. The number of hydrogen-bond donors (Lipinski definition) is 2. The van der Waals surface area contributed by atoms with E-state index < -0.39 is 5.66 Å². The molecule has 0 radical (unpaired) electrons. The molecule has 1 atom stereocenters. The Morgan fingerprint density at radius 3 is 2.92 bits per heavy atom. The van der Waals surface area contributed by atoms with Crippen LogP contribution in [0, 0.1) is 6.92 Å². The zero-order valence-electron chi connectivity index (χ0n) is 7.32. The third kappa shape index (κ3) is 1.36. The van der Waals surface area contributed by atoms with Crippen molar-refractivity contribution in [3.63, 3.8) is 0 Å². The molecule has 2 heterocycles. The van der Waals surface area contributed by atoms with Gasteiger partial charge in [-0.1, -0.05) is 6.08 Å². The number of nitrogens with two attached hydrogens (primary N) is 1. The van der Waals surface area contributed by atoms with E-state index in [1.807, 2.05) is 19.1 Å². The van der Waals surface area contributed by atoms with Crippen molar-refractivity contribution >= 4 is 0 Å². The van der Waals surface area contributed by atoms with Gasteiger partial charge in [0, 0.05) is 0 Å². The van der Waals surface area contributed by atoms with Gasteiger partial charge < -0.3 is 9.73 Å². The molecule has 0 amide bonds. The fraction of sp³-hybridized carbons (Fsp3) is 0.222. The van der Waals surface area contributed by atoms with Gasteiger partial charge in [-0.25, -0.2) is 4.98 Å². The highest BCUT2D eigenvalue weighted by molar-refractivity contribution is 5.22. The average Bonchev–Trinajstić information content (AvgIpc) is 2.54. The Kier molecular flexibility index (Phi) is 1.70. The maximum absolute atomic E-state index is 5.99. The van der Waals surface area contributed by atoms with Crippen LogP contribution in [0.4, 0.5) is 0 Å². The summed E-state index contributed by atoms with van der Waals surface area (Å²) >= 11 is 0. The highest BCUT2D eigenvalue weighted by atomic mass is 16.4. The Bertz CT molecular complexity index is 367. The maximum Gasteiger partial charge on any atom is 0.239 e. The highest BCUT2D eigenvalue weighted by Gasteiger charge is 2.28. The molecule has 0 spiro atoms. The first kappa shape index (κ1) is 8.07. The van der Waals surface area contributed by atoms with Crippen molar-refractivity contribution in [1.82, 2.24) is 10.3 Å². The van der Waals surface area contributed by atoms with Gasteiger partial charge in [0.2, 0.25) is 5.89 Å². The molecular formula is C9H11N3O. The lowest BCUT2D eigenvalue weighted by Crippen LogP contribution is -2.47. The van der Waals surface area contributed by atoms with E-state index in [1.165, 1.54) is 0 Å². The smallest absolute Gasteiger partial charge is 0.239 e. The van der Waals surface area contributed by atoms with Gasteiger partial charge in [0.15, 0.2) is 5.66 Å². The normalized spacial score (nSPS) is 26.0. The molecule has 1 aliphatic rings. The van der Waals surface area contributed by atoms with Crippen molar-refractivity contribution in [2.24, 2.45) is 5.73 Å². The van der Waals surface area contributed by atoms with Crippen molar-refractivity contribution in [3.8, 4) is 0 Å². The lowest BCUT2D eigenvalue weighted by atomic mass is 10.1. The lowest BCUT2D eigenvalue weighted by molar-refractivity contribution is 0.346. The molecule has 1 aliphatic heterocycles. The molecule has 4 nitrogen and oxygen atoms in total. The number of hydrogen-bond acceptors (Lipinski definition) is 4. The molecule has 1 aromatic heterocycles. The van der Waals surface area contributed by atoms with Crippen molar-refractivity contribution in [3.05, 3.63) is 42.3 Å². The molecule has 0 aromatic carbocycles. The van der Waals surface area contributed by atoms with Crippen molar-refractivity contribution < 1.29 is 4.42 Å². The van der Waals surface area contributed by atoms with Crippen LogP contribution in [-0.2, 0) is 5.66 Å². The van der Waals surface area contributed by atoms with Crippen LogP contribution in [0.2, 0.25) is 0 Å². The molecular weight excluding hydrogens is 166 g/mol. The van der Waals surface area contributed by atoms with Gasteiger partial charge in [0.05, 0.1) is 6.20 Å². The van der Waals surface area contributed by atoms with Crippen molar-refractivity contribution in [2.75, 3.05) is 0 Å². The summed E-state index contributed by atoms with van der Waals surface area (Å²) in [7, 11) is 0. The fourth-order valence-corrected chi connectivity index (χ4v) is 1.18. The van der Waals surface area contributed by atoms with Crippen LogP contribution in [0.1, 0.15) is 11.7 Å². The number of aromatic nitrogens is 1. The first-order chi connectivity index (χ1) is 6.21. The van der Waals surface area contributed by atoms with Gasteiger partial charge in [-0.2, -0.15) is 0 Å². The molecule has 0 fully saturated rings. The maximum atomic E-state index is 5.99. The second-order valence-corrected chi connectivity index (χ2v) is 3.01. The number of rotatable bonds is 1. The first-order valence-electron chi connectivity index (χ1n) is 4.04. The topological polar surface area (TPSA) is 64.1 Å². The molecule has 0 saturated carbocycles. The quantitative estimate of drug-likeness (QED) is 0.665. The predicted molar refractivity (Wildman–Crippen MR) is 48.5 cm³/mol. The van der Waals surface area contributed by atoms with E-state index >= 15 is 0 Å². The zero-order valence-corrected chi connectivity index (χ0v) is 7.32. The van der Waals surface area contributed by atoms with Crippen LogP contribution in [0.3, 0.4) is 0 Å². The summed E-state index contributed by atoms with van der Waals surface area (Å²) in [6, 6.07) is 0. The third-order valence-electron chi connectivity index (χ3n) is 1.86. The standard InChI is InChI=1S/C9H11N3O/c1-7-6-11-8(13-7)9(10)4-2-3-5-12-9/h2-6,12H,10H2,1H3. The second kappa shape index (κ2) is 2.74. The summed E-state index contributed by atoms with van der Waals surface area (Å²) in [5.74, 6) is 1.23. The molecule has 3 N–H and O–H groups in total. The molecule has 0 aliphatic carbocycles. The summed E-state index contributed by atoms with van der Waals surface area (Å²) in [6.07, 6.45) is 8.94. The van der Waals surface area contributed by atoms with Crippen molar-refractivity contribution in [2.45, 2.75) is 12.6 Å². The van der Waals surface area contributed by atoms with E-state index in [-0.39, 0.29) is 0 Å². The molecule has 0 saturated heterocycles. The van der Waals surface area contributed by atoms with Gasteiger partial charge in [-0.3, -0.25) is 5.73 Å². The largest absolute Gasteiger partial charge is 0.442 e. The van der Waals surface area contributed by atoms with Crippen LogP contribution in [0.25, 0.3) is 0 Å². The molecule has 0 bridgehead atoms. The summed E-state index contributed by atoms with van der Waals surface area (Å²) in [5.41, 5.74) is 5.19. The molecule has 1 unspecified atom stereocenters. The fourth-order valence-electron chi connectivity index (χ4n) is 1.18. The number of nitrogens with one attached hydrogen (secondary N) is 1. The van der Waals surface area contributed by atoms with E-state index in [0.717, 1.165) is 5.76 Å². The summed E-state index contributed by atoms with van der Waals surface area (Å²) in [5, 5.41) is 2.98. The summed E-state index contributed by atoms with van der Waals surface area (Å²) < 4.78 is 5.34. The Labute approximate surface area is 76.1 Å². The van der Waals surface area contributed by atoms with Gasteiger partial charge in [-0.05, 0) is 25.3 Å². The van der Waals surface area contributed by atoms with Gasteiger partial charge in [0.25, 0.3) is 0 Å². The SMILES string of the molecule is Cc1cnc(C2(N)C=CC=CN2)o1. The minimum atomic E-state index is -0.803. The monoisotopic (exact) mass is 177 g/mol. The number of oxazole rings is 1. The summed E-state index contributed by atoms with van der Waals surface area (Å²) in [4.78, 5) is 4.07. The Morgan fingerprint density at radius 2 is 2.38 bits per heavy atom. The zero-order chi connectivity index (χ0) is 9.31. The number of nitrogens with zero attached hydrogens (tertiary/aromatic N) is 1. The van der Waals surface area contributed by atoms with E-state index in [2.05, 4.69) is 10.3 Å². The number of aryl methyl sites for hydroxylation is 1. The van der Waals surface area contributed by atoms with Crippen LogP contribution in [0.5, 0.6) is 0 Å². The van der Waals surface area contributed by atoms with Gasteiger partial charge in [-0.15, -0.1) is 0 Å². The molecule has 2 rings (SSSR count). The Morgan fingerprint density at radius 1 is 1.54 bits per heavy atom. The number of dihydropyridines is 1.